The molecule has 2 aromatic rings. The van der Waals surface area contributed by atoms with Gasteiger partial charge in [-0.15, -0.1) is 0 Å². The van der Waals surface area contributed by atoms with Crippen LogP contribution in [0.5, 0.6) is 5.75 Å². The first-order valence-electron chi connectivity index (χ1n) is 7.58. The monoisotopic (exact) mass is 344 g/mol. The Morgan fingerprint density at radius 2 is 1.88 bits per heavy atom. The summed E-state index contributed by atoms with van der Waals surface area (Å²) in [5, 5.41) is 3.75. The number of benzene rings is 2. The maximum atomic E-state index is 12.6. The number of carbonyl (C=O) groups excluding carboxylic acids is 2. The van der Waals surface area contributed by atoms with Crippen LogP contribution < -0.4 is 15.0 Å². The average molecular weight is 345 g/mol. The second-order valence-electron chi connectivity index (χ2n) is 5.49. The third-order valence-electron chi connectivity index (χ3n) is 3.97. The number of imide groups is 1. The highest BCUT2D eigenvalue weighted by molar-refractivity contribution is 6.31. The second-order valence-corrected chi connectivity index (χ2v) is 5.90. The van der Waals surface area contributed by atoms with Crippen LogP contribution >= 0.6 is 11.6 Å². The van der Waals surface area contributed by atoms with Crippen molar-refractivity contribution < 1.29 is 14.3 Å². The minimum absolute atomic E-state index is 0.134. The second kappa shape index (κ2) is 7.03. The summed E-state index contributed by atoms with van der Waals surface area (Å²) in [5.41, 5.74) is 1.44. The fraction of sp³-hybridized carbons (Fsp3) is 0.222. The predicted molar refractivity (Wildman–Crippen MR) is 92.2 cm³/mol. The highest BCUT2D eigenvalue weighted by Gasteiger charge is 2.39. The number of halogens is 1. The number of amides is 2. The summed E-state index contributed by atoms with van der Waals surface area (Å²) < 4.78 is 5.09. The van der Waals surface area contributed by atoms with Crippen molar-refractivity contribution in [3.8, 4) is 5.75 Å². The van der Waals surface area contributed by atoms with Gasteiger partial charge in [-0.05, 0) is 35.9 Å². The molecule has 1 aliphatic heterocycles. The lowest BCUT2D eigenvalue weighted by Gasteiger charge is -2.16. The zero-order valence-electron chi connectivity index (χ0n) is 13.2. The summed E-state index contributed by atoms with van der Waals surface area (Å²) in [4.78, 5) is 26.0. The quantitative estimate of drug-likeness (QED) is 0.847. The van der Waals surface area contributed by atoms with Gasteiger partial charge in [0.25, 0.3) is 5.91 Å². The molecule has 1 unspecified atom stereocenters. The van der Waals surface area contributed by atoms with Gasteiger partial charge in [0.05, 0.1) is 25.3 Å². The largest absolute Gasteiger partial charge is 0.497 e. The van der Waals surface area contributed by atoms with Crippen LogP contribution in [0.25, 0.3) is 0 Å². The molecule has 0 bridgehead atoms. The fourth-order valence-corrected chi connectivity index (χ4v) is 2.87. The molecule has 0 radical (unpaired) electrons. The van der Waals surface area contributed by atoms with Crippen molar-refractivity contribution in [2.24, 2.45) is 0 Å². The van der Waals surface area contributed by atoms with Crippen LogP contribution in [-0.2, 0) is 16.1 Å². The van der Waals surface area contributed by atoms with E-state index in [-0.39, 0.29) is 18.2 Å². The van der Waals surface area contributed by atoms with E-state index in [1.54, 1.807) is 37.4 Å². The van der Waals surface area contributed by atoms with Gasteiger partial charge in [-0.3, -0.25) is 9.59 Å². The SMILES string of the molecule is COc1ccc(N2C(=O)CC(NCc3ccccc3Cl)C2=O)cc1. The first kappa shape index (κ1) is 16.5. The van der Waals surface area contributed by atoms with Crippen molar-refractivity contribution in [3.63, 3.8) is 0 Å². The Kier molecular flexibility index (Phi) is 4.83. The van der Waals surface area contributed by atoms with Gasteiger partial charge in [-0.1, -0.05) is 29.8 Å². The van der Waals surface area contributed by atoms with E-state index in [1.807, 2.05) is 18.2 Å². The van der Waals surface area contributed by atoms with Gasteiger partial charge in [-0.25, -0.2) is 4.90 Å². The van der Waals surface area contributed by atoms with E-state index in [9.17, 15) is 9.59 Å². The number of rotatable bonds is 5. The lowest BCUT2D eigenvalue weighted by molar-refractivity contribution is -0.121. The van der Waals surface area contributed by atoms with Crippen molar-refractivity contribution >= 4 is 29.1 Å². The molecule has 2 aromatic carbocycles. The molecular weight excluding hydrogens is 328 g/mol. The Balaban J connectivity index is 1.70. The standard InChI is InChI=1S/C18H17ClN2O3/c1-24-14-8-6-13(7-9-14)21-17(22)10-16(18(21)23)20-11-12-4-2-3-5-15(12)19/h2-9,16,20H,10-11H2,1H3. The summed E-state index contributed by atoms with van der Waals surface area (Å²) in [6.45, 7) is 0.430. The van der Waals surface area contributed by atoms with Crippen molar-refractivity contribution in [2.75, 3.05) is 12.0 Å². The van der Waals surface area contributed by atoms with E-state index in [2.05, 4.69) is 5.32 Å². The first-order valence-corrected chi connectivity index (χ1v) is 7.95. The van der Waals surface area contributed by atoms with E-state index < -0.39 is 6.04 Å². The Morgan fingerprint density at radius 3 is 2.54 bits per heavy atom. The van der Waals surface area contributed by atoms with Crippen LogP contribution in [-0.4, -0.2) is 25.0 Å². The lowest BCUT2D eigenvalue weighted by atomic mass is 10.2. The Hall–Kier alpha value is -2.37. The summed E-state index contributed by atoms with van der Waals surface area (Å²) in [6.07, 6.45) is 0.134. The minimum Gasteiger partial charge on any atom is -0.497 e. The molecule has 0 saturated carbocycles. The summed E-state index contributed by atoms with van der Waals surface area (Å²) in [6, 6.07) is 13.7. The number of methoxy groups -OCH3 is 1. The van der Waals surface area contributed by atoms with Crippen LogP contribution in [0.1, 0.15) is 12.0 Å². The van der Waals surface area contributed by atoms with Gasteiger partial charge in [0, 0.05) is 11.6 Å². The van der Waals surface area contributed by atoms with E-state index in [0.717, 1.165) is 5.56 Å². The Bertz CT molecular complexity index is 761. The zero-order valence-corrected chi connectivity index (χ0v) is 13.9. The number of nitrogens with one attached hydrogen (secondary N) is 1. The van der Waals surface area contributed by atoms with Crippen molar-refractivity contribution in [1.82, 2.24) is 5.32 Å². The van der Waals surface area contributed by atoms with Crippen LogP contribution in [0.4, 0.5) is 5.69 Å². The van der Waals surface area contributed by atoms with Crippen molar-refractivity contribution in [2.45, 2.75) is 19.0 Å². The van der Waals surface area contributed by atoms with Crippen LogP contribution in [0.15, 0.2) is 48.5 Å². The molecule has 3 rings (SSSR count). The Labute approximate surface area is 145 Å². The van der Waals surface area contributed by atoms with Crippen molar-refractivity contribution in [1.29, 1.82) is 0 Å². The van der Waals surface area contributed by atoms with Gasteiger partial charge in [0.15, 0.2) is 0 Å². The topological polar surface area (TPSA) is 58.6 Å². The molecule has 124 valence electrons. The van der Waals surface area contributed by atoms with Gasteiger partial charge < -0.3 is 10.1 Å². The van der Waals surface area contributed by atoms with E-state index in [1.165, 1.54) is 4.90 Å². The van der Waals surface area contributed by atoms with Crippen LogP contribution in [0.3, 0.4) is 0 Å². The number of hydrogen-bond donors (Lipinski definition) is 1. The molecule has 0 aromatic heterocycles. The highest BCUT2D eigenvalue weighted by Crippen LogP contribution is 2.25. The maximum absolute atomic E-state index is 12.6. The molecular formula is C18H17ClN2O3. The van der Waals surface area contributed by atoms with Crippen LogP contribution in [0, 0.1) is 0 Å². The summed E-state index contributed by atoms with van der Waals surface area (Å²) in [7, 11) is 1.57. The molecule has 1 heterocycles. The minimum atomic E-state index is -0.545. The highest BCUT2D eigenvalue weighted by atomic mass is 35.5. The molecule has 1 atom stereocenters. The van der Waals surface area contributed by atoms with Gasteiger partial charge in [0.1, 0.15) is 5.75 Å². The molecule has 2 amide bonds. The predicted octanol–water partition coefficient (Wildman–Crippen LogP) is 2.77. The Morgan fingerprint density at radius 1 is 1.17 bits per heavy atom. The van der Waals surface area contributed by atoms with E-state index in [0.29, 0.717) is 23.0 Å². The van der Waals surface area contributed by atoms with E-state index in [4.69, 9.17) is 16.3 Å². The van der Waals surface area contributed by atoms with Crippen molar-refractivity contribution in [3.05, 3.63) is 59.1 Å². The average Bonchev–Trinajstić information content (AvgIpc) is 2.88. The van der Waals surface area contributed by atoms with Crippen LogP contribution in [0.2, 0.25) is 5.02 Å². The maximum Gasteiger partial charge on any atom is 0.251 e. The summed E-state index contributed by atoms with van der Waals surface area (Å²) >= 11 is 6.11. The zero-order chi connectivity index (χ0) is 17.1. The molecule has 5 nitrogen and oxygen atoms in total. The number of hydrogen-bond acceptors (Lipinski definition) is 4. The molecule has 1 N–H and O–H groups in total. The molecule has 0 aliphatic carbocycles. The third kappa shape index (κ3) is 3.27. The molecule has 6 heteroatoms. The number of carbonyl (C=O) groups is 2. The lowest BCUT2D eigenvalue weighted by Crippen LogP contribution is -2.38. The number of nitrogens with zero attached hydrogens (tertiary/aromatic N) is 1. The van der Waals surface area contributed by atoms with Gasteiger partial charge >= 0.3 is 0 Å². The number of ether oxygens (including phenoxy) is 1. The summed E-state index contributed by atoms with van der Waals surface area (Å²) in [5.74, 6) is 0.199. The smallest absolute Gasteiger partial charge is 0.251 e. The molecule has 0 spiro atoms. The molecule has 1 aliphatic rings. The van der Waals surface area contributed by atoms with E-state index >= 15 is 0 Å². The molecule has 1 fully saturated rings. The third-order valence-corrected chi connectivity index (χ3v) is 4.34. The van der Waals surface area contributed by atoms with Gasteiger partial charge in [-0.2, -0.15) is 0 Å². The number of anilines is 1. The van der Waals surface area contributed by atoms with Gasteiger partial charge in [0.2, 0.25) is 5.91 Å². The first-order chi connectivity index (χ1) is 11.6. The fourth-order valence-electron chi connectivity index (χ4n) is 2.67. The molecule has 1 saturated heterocycles. The normalized spacial score (nSPS) is 17.4. The molecule has 24 heavy (non-hydrogen) atoms.